The molecule has 1 unspecified atom stereocenters. The fraction of sp³-hybridized carbons (Fsp3) is 0.200. The molecule has 0 saturated carbocycles. The van der Waals surface area contributed by atoms with Crippen molar-refractivity contribution in [3.63, 3.8) is 0 Å². The highest BCUT2D eigenvalue weighted by Gasteiger charge is 2.17. The Kier molecular flexibility index (Phi) is 4.87. The van der Waals surface area contributed by atoms with Crippen LogP contribution in [0.1, 0.15) is 17.2 Å². The third kappa shape index (κ3) is 3.43. The average molecular weight is 335 g/mol. The van der Waals surface area contributed by atoms with Gasteiger partial charge in [0.05, 0.1) is 4.92 Å². The minimum Gasteiger partial charge on any atom is -0.313 e. The van der Waals surface area contributed by atoms with Crippen LogP contribution in [0.25, 0.3) is 0 Å². The summed E-state index contributed by atoms with van der Waals surface area (Å²) >= 11 is 3.45. The normalized spacial score (nSPS) is 12.1. The molecule has 104 valence electrons. The summed E-state index contributed by atoms with van der Waals surface area (Å²) in [5, 5.41) is 14.3. The standard InChI is InChI=1S/C15H15BrN2O2/c1-17-14(11-6-4-7-13(16)9-11)10-12-5-2-3-8-15(12)18(19)20/h2-9,14,17H,10H2,1H3. The van der Waals surface area contributed by atoms with Crippen LogP contribution in [0.2, 0.25) is 0 Å². The summed E-state index contributed by atoms with van der Waals surface area (Å²) in [7, 11) is 1.86. The van der Waals surface area contributed by atoms with Crippen LogP contribution in [0.3, 0.4) is 0 Å². The van der Waals surface area contributed by atoms with Gasteiger partial charge in [-0.25, -0.2) is 0 Å². The van der Waals surface area contributed by atoms with E-state index in [0.717, 1.165) is 15.6 Å². The van der Waals surface area contributed by atoms with Gasteiger partial charge in [0.1, 0.15) is 0 Å². The number of nitrogens with zero attached hydrogens (tertiary/aromatic N) is 1. The van der Waals surface area contributed by atoms with Gasteiger partial charge in [0.2, 0.25) is 0 Å². The fourth-order valence-electron chi connectivity index (χ4n) is 2.19. The maximum Gasteiger partial charge on any atom is 0.272 e. The molecule has 0 radical (unpaired) electrons. The summed E-state index contributed by atoms with van der Waals surface area (Å²) in [6.45, 7) is 0. The highest BCUT2D eigenvalue weighted by atomic mass is 79.9. The van der Waals surface area contributed by atoms with Crippen molar-refractivity contribution in [1.82, 2.24) is 5.32 Å². The van der Waals surface area contributed by atoms with Crippen LogP contribution in [0.15, 0.2) is 53.0 Å². The number of hydrogen-bond acceptors (Lipinski definition) is 3. The fourth-order valence-corrected chi connectivity index (χ4v) is 2.61. The van der Waals surface area contributed by atoms with Crippen molar-refractivity contribution in [2.75, 3.05) is 7.05 Å². The molecule has 20 heavy (non-hydrogen) atoms. The van der Waals surface area contributed by atoms with Crippen molar-refractivity contribution >= 4 is 21.6 Å². The second kappa shape index (κ2) is 6.63. The number of hydrogen-bond donors (Lipinski definition) is 1. The van der Waals surface area contributed by atoms with E-state index in [4.69, 9.17) is 0 Å². The number of halogens is 1. The molecule has 2 rings (SSSR count). The first-order chi connectivity index (χ1) is 9.61. The van der Waals surface area contributed by atoms with E-state index in [0.29, 0.717) is 6.42 Å². The Labute approximate surface area is 126 Å². The molecule has 5 heteroatoms. The molecule has 0 aliphatic rings. The molecule has 4 nitrogen and oxygen atoms in total. The molecule has 0 spiro atoms. The molecule has 0 aromatic heterocycles. The quantitative estimate of drug-likeness (QED) is 0.667. The van der Waals surface area contributed by atoms with E-state index >= 15 is 0 Å². The maximum atomic E-state index is 11.1. The second-order valence-corrected chi connectivity index (χ2v) is 5.40. The van der Waals surface area contributed by atoms with E-state index < -0.39 is 0 Å². The summed E-state index contributed by atoms with van der Waals surface area (Å²) in [6, 6.07) is 14.9. The third-order valence-electron chi connectivity index (χ3n) is 3.21. The van der Waals surface area contributed by atoms with E-state index in [-0.39, 0.29) is 16.7 Å². The zero-order valence-corrected chi connectivity index (χ0v) is 12.6. The minimum atomic E-state index is -0.330. The topological polar surface area (TPSA) is 55.2 Å². The third-order valence-corrected chi connectivity index (χ3v) is 3.71. The smallest absolute Gasteiger partial charge is 0.272 e. The Morgan fingerprint density at radius 2 is 2.00 bits per heavy atom. The maximum absolute atomic E-state index is 11.1. The van der Waals surface area contributed by atoms with Crippen LogP contribution in [0.5, 0.6) is 0 Å². The predicted molar refractivity (Wildman–Crippen MR) is 82.7 cm³/mol. The molecule has 2 aromatic rings. The number of para-hydroxylation sites is 1. The zero-order valence-electron chi connectivity index (χ0n) is 11.0. The second-order valence-electron chi connectivity index (χ2n) is 4.49. The lowest BCUT2D eigenvalue weighted by atomic mass is 9.98. The molecule has 0 amide bonds. The van der Waals surface area contributed by atoms with Crippen molar-refractivity contribution in [1.29, 1.82) is 0 Å². The van der Waals surface area contributed by atoms with Gasteiger partial charge in [0.25, 0.3) is 5.69 Å². The SMILES string of the molecule is CNC(Cc1ccccc1[N+](=O)[O-])c1cccc(Br)c1. The molecular formula is C15H15BrN2O2. The highest BCUT2D eigenvalue weighted by molar-refractivity contribution is 9.10. The lowest BCUT2D eigenvalue weighted by molar-refractivity contribution is -0.385. The van der Waals surface area contributed by atoms with E-state index in [9.17, 15) is 10.1 Å². The first-order valence-electron chi connectivity index (χ1n) is 6.27. The highest BCUT2D eigenvalue weighted by Crippen LogP contribution is 2.26. The van der Waals surface area contributed by atoms with Gasteiger partial charge in [-0.15, -0.1) is 0 Å². The number of nitro groups is 1. The van der Waals surface area contributed by atoms with Crippen molar-refractivity contribution < 1.29 is 4.92 Å². The van der Waals surface area contributed by atoms with Gasteiger partial charge in [-0.1, -0.05) is 46.3 Å². The molecule has 0 aliphatic heterocycles. The Morgan fingerprint density at radius 3 is 2.65 bits per heavy atom. The zero-order chi connectivity index (χ0) is 14.5. The number of rotatable bonds is 5. The van der Waals surface area contributed by atoms with Crippen LogP contribution in [-0.2, 0) is 6.42 Å². The molecule has 0 bridgehead atoms. The molecule has 1 N–H and O–H groups in total. The number of benzene rings is 2. The van der Waals surface area contributed by atoms with Gasteiger partial charge in [0.15, 0.2) is 0 Å². The summed E-state index contributed by atoms with van der Waals surface area (Å²) < 4.78 is 0.998. The predicted octanol–water partition coefficient (Wildman–Crippen LogP) is 3.86. The molecule has 0 fully saturated rings. The first-order valence-corrected chi connectivity index (χ1v) is 7.06. The Bertz CT molecular complexity index is 616. The van der Waals surface area contributed by atoms with Gasteiger partial charge in [0, 0.05) is 22.1 Å². The minimum absolute atomic E-state index is 0.0357. The van der Waals surface area contributed by atoms with Crippen LogP contribution in [0.4, 0.5) is 5.69 Å². The first kappa shape index (κ1) is 14.7. The van der Waals surface area contributed by atoms with Gasteiger partial charge >= 0.3 is 0 Å². The molecular weight excluding hydrogens is 320 g/mol. The van der Waals surface area contributed by atoms with E-state index in [1.54, 1.807) is 18.2 Å². The molecule has 0 heterocycles. The summed E-state index contributed by atoms with van der Waals surface area (Å²) in [5.41, 5.74) is 2.00. The van der Waals surface area contributed by atoms with Crippen molar-refractivity contribution in [3.05, 3.63) is 74.2 Å². The summed E-state index contributed by atoms with van der Waals surface area (Å²) in [5.74, 6) is 0. The Hall–Kier alpha value is -1.72. The van der Waals surface area contributed by atoms with Crippen LogP contribution in [-0.4, -0.2) is 12.0 Å². The lowest BCUT2D eigenvalue weighted by Gasteiger charge is -2.17. The monoisotopic (exact) mass is 334 g/mol. The summed E-state index contributed by atoms with van der Waals surface area (Å²) in [4.78, 5) is 10.7. The lowest BCUT2D eigenvalue weighted by Crippen LogP contribution is -2.19. The van der Waals surface area contributed by atoms with E-state index in [2.05, 4.69) is 21.2 Å². The van der Waals surface area contributed by atoms with E-state index in [1.165, 1.54) is 0 Å². The molecule has 0 aliphatic carbocycles. The largest absolute Gasteiger partial charge is 0.313 e. The molecule has 0 saturated heterocycles. The van der Waals surface area contributed by atoms with E-state index in [1.807, 2.05) is 37.4 Å². The number of likely N-dealkylation sites (N-methyl/N-ethyl adjacent to an activating group) is 1. The van der Waals surface area contributed by atoms with Crippen molar-refractivity contribution in [2.45, 2.75) is 12.5 Å². The number of nitrogens with one attached hydrogen (secondary N) is 1. The van der Waals surface area contributed by atoms with Gasteiger partial charge in [-0.2, -0.15) is 0 Å². The van der Waals surface area contributed by atoms with Crippen molar-refractivity contribution in [3.8, 4) is 0 Å². The van der Waals surface area contributed by atoms with Gasteiger partial charge in [-0.3, -0.25) is 10.1 Å². The van der Waals surface area contributed by atoms with Crippen LogP contribution >= 0.6 is 15.9 Å². The van der Waals surface area contributed by atoms with Crippen LogP contribution < -0.4 is 5.32 Å². The molecule has 1 atom stereocenters. The Morgan fingerprint density at radius 1 is 1.25 bits per heavy atom. The number of nitro benzene ring substituents is 1. The summed E-state index contributed by atoms with van der Waals surface area (Å²) in [6.07, 6.45) is 0.574. The van der Waals surface area contributed by atoms with Crippen LogP contribution in [0, 0.1) is 10.1 Å². The molecule has 2 aromatic carbocycles. The Balaban J connectivity index is 2.29. The van der Waals surface area contributed by atoms with Crippen molar-refractivity contribution in [2.24, 2.45) is 0 Å². The average Bonchev–Trinajstić information content (AvgIpc) is 2.45. The van der Waals surface area contributed by atoms with Gasteiger partial charge < -0.3 is 5.32 Å². The van der Waals surface area contributed by atoms with Gasteiger partial charge in [-0.05, 0) is 31.2 Å².